The Morgan fingerprint density at radius 1 is 1.40 bits per heavy atom. The van der Waals surface area contributed by atoms with Crippen LogP contribution in [0.25, 0.3) is 0 Å². The van der Waals surface area contributed by atoms with Gasteiger partial charge in [-0.2, -0.15) is 11.8 Å². The topological polar surface area (TPSA) is 0 Å². The van der Waals surface area contributed by atoms with E-state index in [-0.39, 0.29) is 0 Å². The Kier molecular flexibility index (Phi) is 3.02. The number of alkyl halides is 1. The predicted molar refractivity (Wildman–Crippen MR) is 45.2 cm³/mol. The normalized spacial score (nSPS) is 41.7. The molecule has 1 rings (SSSR count). The molecule has 1 fully saturated rings. The van der Waals surface area contributed by atoms with Crippen LogP contribution in [0.3, 0.4) is 0 Å². The predicted octanol–water partition coefficient (Wildman–Crippen LogP) is 2.88. The monoisotopic (exact) mass is 162 g/mol. The fraction of sp³-hybridized carbons (Fsp3) is 1.00. The molecule has 0 aliphatic heterocycles. The van der Waals surface area contributed by atoms with Gasteiger partial charge in [-0.05, 0) is 31.4 Å². The Bertz CT molecular complexity index is 105. The van der Waals surface area contributed by atoms with Crippen LogP contribution in [0.2, 0.25) is 0 Å². The van der Waals surface area contributed by atoms with Gasteiger partial charge in [0.25, 0.3) is 0 Å². The van der Waals surface area contributed by atoms with Crippen molar-refractivity contribution in [2.45, 2.75) is 37.6 Å². The molecule has 2 heteroatoms. The lowest BCUT2D eigenvalue weighted by Crippen LogP contribution is -2.25. The van der Waals surface area contributed by atoms with Crippen LogP contribution < -0.4 is 0 Å². The Morgan fingerprint density at radius 3 is 2.60 bits per heavy atom. The largest absolute Gasteiger partial charge is 0.247 e. The minimum Gasteiger partial charge on any atom is -0.247 e. The van der Waals surface area contributed by atoms with Crippen LogP contribution in [0.15, 0.2) is 0 Å². The SMILES string of the molecule is CSC1CCC(F)C(C)C1. The molecule has 0 amide bonds. The molecular formula is C8H15FS. The third-order valence-corrected chi connectivity index (χ3v) is 3.44. The summed E-state index contributed by atoms with van der Waals surface area (Å²) < 4.78 is 12.9. The molecule has 0 bridgehead atoms. The molecule has 1 aliphatic carbocycles. The van der Waals surface area contributed by atoms with E-state index in [2.05, 4.69) is 6.26 Å². The van der Waals surface area contributed by atoms with E-state index in [1.807, 2.05) is 18.7 Å². The maximum Gasteiger partial charge on any atom is 0.103 e. The van der Waals surface area contributed by atoms with Crippen molar-refractivity contribution in [3.05, 3.63) is 0 Å². The first-order chi connectivity index (χ1) is 4.74. The summed E-state index contributed by atoms with van der Waals surface area (Å²) in [7, 11) is 0. The van der Waals surface area contributed by atoms with E-state index in [1.54, 1.807) is 0 Å². The Labute approximate surface area is 66.6 Å². The van der Waals surface area contributed by atoms with Crippen molar-refractivity contribution in [2.24, 2.45) is 5.92 Å². The van der Waals surface area contributed by atoms with Crippen molar-refractivity contribution in [1.82, 2.24) is 0 Å². The minimum atomic E-state index is -0.525. The van der Waals surface area contributed by atoms with E-state index in [4.69, 9.17) is 0 Å². The Morgan fingerprint density at radius 2 is 2.10 bits per heavy atom. The van der Waals surface area contributed by atoms with Crippen LogP contribution in [0, 0.1) is 5.92 Å². The van der Waals surface area contributed by atoms with Crippen molar-refractivity contribution in [3.63, 3.8) is 0 Å². The van der Waals surface area contributed by atoms with Crippen molar-refractivity contribution in [3.8, 4) is 0 Å². The summed E-state index contributed by atoms with van der Waals surface area (Å²) in [5.74, 6) is 0.297. The van der Waals surface area contributed by atoms with Gasteiger partial charge >= 0.3 is 0 Å². The molecule has 3 unspecified atom stereocenters. The molecular weight excluding hydrogens is 147 g/mol. The molecule has 1 saturated carbocycles. The summed E-state index contributed by atoms with van der Waals surface area (Å²) in [4.78, 5) is 0. The number of hydrogen-bond acceptors (Lipinski definition) is 1. The second kappa shape index (κ2) is 3.61. The highest BCUT2D eigenvalue weighted by molar-refractivity contribution is 7.99. The first kappa shape index (κ1) is 8.38. The molecule has 0 nitrogen and oxygen atoms in total. The van der Waals surface area contributed by atoms with Crippen molar-refractivity contribution >= 4 is 11.8 Å². The van der Waals surface area contributed by atoms with Gasteiger partial charge in [0.1, 0.15) is 6.17 Å². The lowest BCUT2D eigenvalue weighted by Gasteiger charge is -2.28. The standard InChI is InChI=1S/C8H15FS/c1-6-5-7(10-2)3-4-8(6)9/h6-8H,3-5H2,1-2H3. The van der Waals surface area contributed by atoms with Crippen LogP contribution in [-0.4, -0.2) is 17.7 Å². The first-order valence-electron chi connectivity index (χ1n) is 3.91. The van der Waals surface area contributed by atoms with Crippen molar-refractivity contribution in [1.29, 1.82) is 0 Å². The lowest BCUT2D eigenvalue weighted by atomic mass is 9.89. The number of halogens is 1. The van der Waals surface area contributed by atoms with Crippen molar-refractivity contribution in [2.75, 3.05) is 6.26 Å². The lowest BCUT2D eigenvalue weighted by molar-refractivity contribution is 0.183. The molecule has 1 aliphatic rings. The summed E-state index contributed by atoms with van der Waals surface area (Å²) in [6, 6.07) is 0. The molecule has 0 aromatic heterocycles. The molecule has 0 radical (unpaired) electrons. The molecule has 0 spiro atoms. The summed E-state index contributed by atoms with van der Waals surface area (Å²) >= 11 is 1.88. The van der Waals surface area contributed by atoms with E-state index in [0.717, 1.165) is 24.5 Å². The van der Waals surface area contributed by atoms with Gasteiger partial charge < -0.3 is 0 Å². The van der Waals surface area contributed by atoms with Crippen LogP contribution in [0.1, 0.15) is 26.2 Å². The number of thioether (sulfide) groups is 1. The highest BCUT2D eigenvalue weighted by atomic mass is 32.2. The molecule has 0 heterocycles. The quantitative estimate of drug-likeness (QED) is 0.571. The van der Waals surface area contributed by atoms with Gasteiger partial charge in [-0.1, -0.05) is 6.92 Å². The third kappa shape index (κ3) is 1.88. The van der Waals surface area contributed by atoms with E-state index in [9.17, 15) is 4.39 Å². The second-order valence-electron chi connectivity index (χ2n) is 3.16. The van der Waals surface area contributed by atoms with Crippen molar-refractivity contribution < 1.29 is 4.39 Å². The number of hydrogen-bond donors (Lipinski definition) is 0. The Hall–Kier alpha value is 0.280. The summed E-state index contributed by atoms with van der Waals surface area (Å²) in [5, 5.41) is 0.724. The molecule has 10 heavy (non-hydrogen) atoms. The summed E-state index contributed by atoms with van der Waals surface area (Å²) in [5.41, 5.74) is 0. The molecule has 0 aromatic carbocycles. The molecule has 0 N–H and O–H groups in total. The maximum absolute atomic E-state index is 12.9. The fourth-order valence-electron chi connectivity index (χ4n) is 1.52. The molecule has 0 aromatic rings. The second-order valence-corrected chi connectivity index (χ2v) is 4.30. The van der Waals surface area contributed by atoms with Gasteiger partial charge in [0.05, 0.1) is 0 Å². The zero-order valence-corrected chi connectivity index (χ0v) is 7.46. The minimum absolute atomic E-state index is 0.297. The average molecular weight is 162 g/mol. The molecule has 60 valence electrons. The van der Waals surface area contributed by atoms with Gasteiger partial charge in [-0.3, -0.25) is 0 Å². The van der Waals surface area contributed by atoms with E-state index in [1.165, 1.54) is 0 Å². The average Bonchev–Trinajstić information content (AvgIpc) is 1.95. The van der Waals surface area contributed by atoms with Crippen LogP contribution in [0.4, 0.5) is 4.39 Å². The van der Waals surface area contributed by atoms with Crippen LogP contribution in [-0.2, 0) is 0 Å². The zero-order valence-electron chi connectivity index (χ0n) is 6.64. The smallest absolute Gasteiger partial charge is 0.103 e. The third-order valence-electron chi connectivity index (χ3n) is 2.35. The summed E-state index contributed by atoms with van der Waals surface area (Å²) in [6.45, 7) is 2.02. The maximum atomic E-state index is 12.9. The van der Waals surface area contributed by atoms with Gasteiger partial charge in [-0.15, -0.1) is 0 Å². The van der Waals surface area contributed by atoms with E-state index < -0.39 is 6.17 Å². The van der Waals surface area contributed by atoms with Gasteiger partial charge in [0.2, 0.25) is 0 Å². The zero-order chi connectivity index (χ0) is 7.56. The highest BCUT2D eigenvalue weighted by Gasteiger charge is 2.26. The van der Waals surface area contributed by atoms with E-state index in [0.29, 0.717) is 5.92 Å². The van der Waals surface area contributed by atoms with E-state index >= 15 is 0 Å². The van der Waals surface area contributed by atoms with Gasteiger partial charge in [0.15, 0.2) is 0 Å². The first-order valence-corrected chi connectivity index (χ1v) is 5.19. The van der Waals surface area contributed by atoms with Crippen LogP contribution >= 0.6 is 11.8 Å². The Balaban J connectivity index is 2.33. The van der Waals surface area contributed by atoms with Crippen LogP contribution in [0.5, 0.6) is 0 Å². The molecule has 0 saturated heterocycles. The highest BCUT2D eigenvalue weighted by Crippen LogP contribution is 2.32. The molecule has 3 atom stereocenters. The van der Waals surface area contributed by atoms with Gasteiger partial charge in [-0.25, -0.2) is 4.39 Å². The number of rotatable bonds is 1. The van der Waals surface area contributed by atoms with Gasteiger partial charge in [0, 0.05) is 5.25 Å². The summed E-state index contributed by atoms with van der Waals surface area (Å²) in [6.07, 6.45) is 4.53. The fourth-order valence-corrected chi connectivity index (χ4v) is 2.39.